The first kappa shape index (κ1) is 20.6. The minimum atomic E-state index is -4.86. The zero-order valence-electron chi connectivity index (χ0n) is 14.5. The molecular formula is C18H17F4NO4S. The molecule has 2 aromatic rings. The van der Waals surface area contributed by atoms with Crippen molar-refractivity contribution in [3.8, 4) is 5.75 Å². The van der Waals surface area contributed by atoms with Gasteiger partial charge >= 0.3 is 6.36 Å². The van der Waals surface area contributed by atoms with Gasteiger partial charge < -0.3 is 9.47 Å². The molecule has 10 heteroatoms. The molecule has 1 fully saturated rings. The van der Waals surface area contributed by atoms with Gasteiger partial charge in [0.2, 0.25) is 10.0 Å². The fraction of sp³-hybridized carbons (Fsp3) is 0.333. The Balaban J connectivity index is 1.75. The van der Waals surface area contributed by atoms with Crippen molar-refractivity contribution < 1.29 is 35.5 Å². The molecule has 0 bridgehead atoms. The summed E-state index contributed by atoms with van der Waals surface area (Å²) in [7, 11) is -4.00. The summed E-state index contributed by atoms with van der Waals surface area (Å²) in [5.74, 6) is -0.938. The van der Waals surface area contributed by atoms with Gasteiger partial charge in [-0.15, -0.1) is 13.2 Å². The number of sulfonamides is 1. The van der Waals surface area contributed by atoms with Crippen LogP contribution >= 0.6 is 0 Å². The molecule has 1 heterocycles. The summed E-state index contributed by atoms with van der Waals surface area (Å²) in [6.07, 6.45) is -3.61. The van der Waals surface area contributed by atoms with Crippen LogP contribution in [0.5, 0.6) is 5.75 Å². The second-order valence-electron chi connectivity index (χ2n) is 6.30. The minimum Gasteiger partial charge on any atom is -0.406 e. The van der Waals surface area contributed by atoms with Crippen molar-refractivity contribution >= 4 is 10.0 Å². The number of hydrogen-bond acceptors (Lipinski definition) is 4. The van der Waals surface area contributed by atoms with Crippen LogP contribution in [0.4, 0.5) is 17.6 Å². The Morgan fingerprint density at radius 3 is 2.25 bits per heavy atom. The highest BCUT2D eigenvalue weighted by atomic mass is 32.2. The molecule has 1 aliphatic rings. The van der Waals surface area contributed by atoms with Gasteiger partial charge in [-0.1, -0.05) is 12.1 Å². The van der Waals surface area contributed by atoms with Crippen LogP contribution in [0.25, 0.3) is 0 Å². The van der Waals surface area contributed by atoms with Crippen molar-refractivity contribution in [3.63, 3.8) is 0 Å². The van der Waals surface area contributed by atoms with Gasteiger partial charge in [-0.05, 0) is 54.8 Å². The Morgan fingerprint density at radius 2 is 1.71 bits per heavy atom. The standard InChI is InChI=1S/C18H17F4NO4S/c19-14-4-2-13(3-5-14)17(10-1-11-26-17)12-23-28(24,25)16-8-6-15(7-9-16)27-18(20,21)22/h2-9,23H,1,10-12H2/t17-/m1/s1. The quantitative estimate of drug-likeness (QED) is 0.725. The van der Waals surface area contributed by atoms with Crippen molar-refractivity contribution in [2.24, 2.45) is 0 Å². The fourth-order valence-corrected chi connectivity index (χ4v) is 4.12. The van der Waals surface area contributed by atoms with Gasteiger partial charge in [0.05, 0.1) is 4.90 Å². The fourth-order valence-electron chi connectivity index (χ4n) is 3.04. The normalized spacial score (nSPS) is 20.3. The van der Waals surface area contributed by atoms with E-state index in [2.05, 4.69) is 9.46 Å². The first-order valence-electron chi connectivity index (χ1n) is 8.35. The molecule has 0 saturated carbocycles. The first-order chi connectivity index (χ1) is 13.1. The summed E-state index contributed by atoms with van der Waals surface area (Å²) in [4.78, 5) is -0.214. The van der Waals surface area contributed by atoms with Crippen LogP contribution in [-0.4, -0.2) is 27.9 Å². The number of hydrogen-bond donors (Lipinski definition) is 1. The van der Waals surface area contributed by atoms with Gasteiger partial charge in [0, 0.05) is 13.2 Å². The number of halogens is 4. The van der Waals surface area contributed by atoms with Gasteiger partial charge in [0.1, 0.15) is 17.2 Å². The van der Waals surface area contributed by atoms with E-state index in [9.17, 15) is 26.0 Å². The maximum Gasteiger partial charge on any atom is 0.573 e. The average Bonchev–Trinajstić information content (AvgIpc) is 3.10. The van der Waals surface area contributed by atoms with E-state index in [0.29, 0.717) is 25.0 Å². The maximum atomic E-state index is 13.2. The topological polar surface area (TPSA) is 64.6 Å². The third-order valence-corrected chi connectivity index (χ3v) is 5.81. The molecule has 0 amide bonds. The summed E-state index contributed by atoms with van der Waals surface area (Å²) < 4.78 is 86.8. The average molecular weight is 419 g/mol. The number of nitrogens with one attached hydrogen (secondary N) is 1. The lowest BCUT2D eigenvalue weighted by Crippen LogP contribution is -2.40. The molecule has 0 radical (unpaired) electrons. The zero-order valence-corrected chi connectivity index (χ0v) is 15.3. The number of ether oxygens (including phenoxy) is 2. The second kappa shape index (κ2) is 7.69. The Hall–Kier alpha value is -2.17. The summed E-state index contributed by atoms with van der Waals surface area (Å²) in [5.41, 5.74) is -0.289. The van der Waals surface area contributed by atoms with Gasteiger partial charge in [-0.3, -0.25) is 0 Å². The number of benzene rings is 2. The van der Waals surface area contributed by atoms with E-state index >= 15 is 0 Å². The lowest BCUT2D eigenvalue weighted by Gasteiger charge is -2.29. The smallest absolute Gasteiger partial charge is 0.406 e. The molecule has 1 aliphatic heterocycles. The van der Waals surface area contributed by atoms with E-state index in [1.165, 1.54) is 24.3 Å². The SMILES string of the molecule is O=S(=O)(NC[C@@]1(c2ccc(F)cc2)CCCO1)c1ccc(OC(F)(F)F)cc1. The Labute approximate surface area is 159 Å². The molecule has 2 aromatic carbocycles. The predicted molar refractivity (Wildman–Crippen MR) is 91.6 cm³/mol. The van der Waals surface area contributed by atoms with Gasteiger partial charge in [0.15, 0.2) is 0 Å². The summed E-state index contributed by atoms with van der Waals surface area (Å²) >= 11 is 0. The summed E-state index contributed by atoms with van der Waals surface area (Å²) in [5, 5.41) is 0. The zero-order chi connectivity index (χ0) is 20.4. The third kappa shape index (κ3) is 4.81. The molecule has 3 rings (SSSR count). The number of alkyl halides is 3. The van der Waals surface area contributed by atoms with Crippen molar-refractivity contribution in [2.75, 3.05) is 13.2 Å². The van der Waals surface area contributed by atoms with Crippen LogP contribution in [-0.2, 0) is 20.4 Å². The van der Waals surface area contributed by atoms with Crippen molar-refractivity contribution in [1.82, 2.24) is 4.72 Å². The Kier molecular flexibility index (Phi) is 5.64. The van der Waals surface area contributed by atoms with Crippen LogP contribution < -0.4 is 9.46 Å². The Morgan fingerprint density at radius 1 is 1.07 bits per heavy atom. The van der Waals surface area contributed by atoms with Gasteiger partial charge in [-0.25, -0.2) is 17.5 Å². The van der Waals surface area contributed by atoms with Crippen molar-refractivity contribution in [1.29, 1.82) is 0 Å². The summed E-state index contributed by atoms with van der Waals surface area (Å²) in [6.45, 7) is 0.338. The highest BCUT2D eigenvalue weighted by Gasteiger charge is 2.38. The molecule has 1 N–H and O–H groups in total. The Bertz CT molecular complexity index is 906. The minimum absolute atomic E-state index is 0.0955. The molecule has 0 aliphatic carbocycles. The van der Waals surface area contributed by atoms with E-state index in [1.54, 1.807) is 0 Å². The third-order valence-electron chi connectivity index (χ3n) is 4.39. The molecule has 152 valence electrons. The van der Waals surface area contributed by atoms with E-state index in [4.69, 9.17) is 4.74 Å². The van der Waals surface area contributed by atoms with Crippen molar-refractivity contribution in [3.05, 3.63) is 59.9 Å². The molecule has 0 unspecified atom stereocenters. The summed E-state index contributed by atoms with van der Waals surface area (Å²) in [6, 6.07) is 9.50. The van der Waals surface area contributed by atoms with Crippen molar-refractivity contribution in [2.45, 2.75) is 29.7 Å². The first-order valence-corrected chi connectivity index (χ1v) is 9.84. The molecule has 28 heavy (non-hydrogen) atoms. The van der Waals surface area contributed by atoms with Crippen LogP contribution in [0, 0.1) is 5.82 Å². The maximum absolute atomic E-state index is 13.2. The van der Waals surface area contributed by atoms with E-state index < -0.39 is 33.6 Å². The molecular weight excluding hydrogens is 402 g/mol. The highest BCUT2D eigenvalue weighted by molar-refractivity contribution is 7.89. The van der Waals surface area contributed by atoms with Gasteiger partial charge in [0.25, 0.3) is 0 Å². The lowest BCUT2D eigenvalue weighted by atomic mass is 9.91. The second-order valence-corrected chi connectivity index (χ2v) is 8.06. The van der Waals surface area contributed by atoms with E-state index in [1.807, 2.05) is 0 Å². The molecule has 0 spiro atoms. The molecule has 1 saturated heterocycles. The largest absolute Gasteiger partial charge is 0.573 e. The predicted octanol–water partition coefficient (Wildman–Crippen LogP) is 3.71. The van der Waals surface area contributed by atoms with E-state index in [-0.39, 0.29) is 11.4 Å². The van der Waals surface area contributed by atoms with E-state index in [0.717, 1.165) is 24.3 Å². The highest BCUT2D eigenvalue weighted by Crippen LogP contribution is 2.36. The van der Waals surface area contributed by atoms with Crippen LogP contribution in [0.1, 0.15) is 18.4 Å². The molecule has 1 atom stereocenters. The van der Waals surface area contributed by atoms with Crippen LogP contribution in [0.2, 0.25) is 0 Å². The van der Waals surface area contributed by atoms with Gasteiger partial charge in [-0.2, -0.15) is 0 Å². The number of rotatable bonds is 6. The monoisotopic (exact) mass is 419 g/mol. The van der Waals surface area contributed by atoms with Crippen LogP contribution in [0.15, 0.2) is 53.4 Å². The molecule has 5 nitrogen and oxygen atoms in total. The lowest BCUT2D eigenvalue weighted by molar-refractivity contribution is -0.274. The molecule has 0 aromatic heterocycles. The van der Waals surface area contributed by atoms with Crippen LogP contribution in [0.3, 0.4) is 0 Å².